The second kappa shape index (κ2) is 10.4. The van der Waals surface area contributed by atoms with Gasteiger partial charge in [0.05, 0.1) is 4.91 Å². The van der Waals surface area contributed by atoms with Gasteiger partial charge in [0.2, 0.25) is 5.91 Å². The number of rotatable bonds is 6. The van der Waals surface area contributed by atoms with Crippen LogP contribution in [0.1, 0.15) is 11.1 Å². The van der Waals surface area contributed by atoms with E-state index in [0.29, 0.717) is 10.6 Å². The molecule has 4 aromatic carbocycles. The Kier molecular flexibility index (Phi) is 6.93. The number of carbonyl (C=O) groups is 3. The van der Waals surface area contributed by atoms with E-state index in [1.807, 2.05) is 60.7 Å². The zero-order valence-corrected chi connectivity index (χ0v) is 21.1. The summed E-state index contributed by atoms with van der Waals surface area (Å²) in [7, 11) is 0. The molecule has 36 heavy (non-hydrogen) atoms. The van der Waals surface area contributed by atoms with Crippen LogP contribution in [0.3, 0.4) is 0 Å². The lowest BCUT2D eigenvalue weighted by Gasteiger charge is -2.13. The lowest BCUT2D eigenvalue weighted by molar-refractivity contribution is -0.127. The first-order chi connectivity index (χ1) is 17.5. The van der Waals surface area contributed by atoms with Gasteiger partial charge in [0, 0.05) is 20.9 Å². The fourth-order valence-corrected chi connectivity index (χ4v) is 5.48. The lowest BCUT2D eigenvalue weighted by Crippen LogP contribution is -2.36. The summed E-state index contributed by atoms with van der Waals surface area (Å²) < 4.78 is 0. The number of hydrogen-bond acceptors (Lipinski definition) is 5. The highest BCUT2D eigenvalue weighted by molar-refractivity contribution is 8.18. The molecule has 4 aromatic rings. The summed E-state index contributed by atoms with van der Waals surface area (Å²) in [6.45, 7) is 1.72. The van der Waals surface area contributed by atoms with E-state index in [-0.39, 0.29) is 6.54 Å². The third-order valence-corrected chi connectivity index (χ3v) is 7.60. The molecule has 5 nitrogen and oxygen atoms in total. The molecule has 1 fully saturated rings. The van der Waals surface area contributed by atoms with Crippen molar-refractivity contribution < 1.29 is 14.4 Å². The third-order valence-electron chi connectivity index (χ3n) is 5.67. The van der Waals surface area contributed by atoms with Crippen molar-refractivity contribution in [2.45, 2.75) is 16.7 Å². The second-order valence-corrected chi connectivity index (χ2v) is 10.5. The van der Waals surface area contributed by atoms with Crippen LogP contribution in [0.2, 0.25) is 0 Å². The predicted octanol–water partition coefficient (Wildman–Crippen LogP) is 6.97. The Morgan fingerprint density at radius 1 is 0.889 bits per heavy atom. The number of fused-ring (bicyclic) bond motifs is 1. The average molecular weight is 511 g/mol. The Morgan fingerprint density at radius 2 is 1.56 bits per heavy atom. The highest BCUT2D eigenvalue weighted by Crippen LogP contribution is 2.33. The topological polar surface area (TPSA) is 66.5 Å². The summed E-state index contributed by atoms with van der Waals surface area (Å²) in [6.07, 6.45) is 1.69. The van der Waals surface area contributed by atoms with Crippen molar-refractivity contribution in [2.24, 2.45) is 0 Å². The number of thioether (sulfide) groups is 1. The van der Waals surface area contributed by atoms with Gasteiger partial charge in [-0.05, 0) is 66.0 Å². The first-order valence-electron chi connectivity index (χ1n) is 11.3. The highest BCUT2D eigenvalue weighted by Gasteiger charge is 2.36. The summed E-state index contributed by atoms with van der Waals surface area (Å²) in [5, 5.41) is 4.27. The molecular formula is C29H22N2O3S2. The first-order valence-corrected chi connectivity index (χ1v) is 13.0. The van der Waals surface area contributed by atoms with Gasteiger partial charge >= 0.3 is 0 Å². The van der Waals surface area contributed by atoms with Crippen molar-refractivity contribution in [3.63, 3.8) is 0 Å². The van der Waals surface area contributed by atoms with Crippen molar-refractivity contribution in [2.75, 3.05) is 11.9 Å². The fourth-order valence-electron chi connectivity index (χ4n) is 3.83. The van der Waals surface area contributed by atoms with E-state index in [2.05, 4.69) is 36.5 Å². The van der Waals surface area contributed by atoms with Gasteiger partial charge in [-0.2, -0.15) is 0 Å². The number of nitrogens with zero attached hydrogens (tertiary/aromatic N) is 1. The molecule has 0 spiro atoms. The van der Waals surface area contributed by atoms with Gasteiger partial charge in [0.15, 0.2) is 0 Å². The van der Waals surface area contributed by atoms with Gasteiger partial charge in [-0.15, -0.1) is 0 Å². The van der Waals surface area contributed by atoms with Crippen LogP contribution in [0.4, 0.5) is 10.5 Å². The maximum Gasteiger partial charge on any atom is 0.294 e. The first kappa shape index (κ1) is 23.9. The summed E-state index contributed by atoms with van der Waals surface area (Å²) in [5.74, 6) is -0.886. The summed E-state index contributed by atoms with van der Waals surface area (Å²) in [4.78, 5) is 41.6. The van der Waals surface area contributed by atoms with Crippen molar-refractivity contribution in [3.05, 3.63) is 107 Å². The molecule has 1 N–H and O–H groups in total. The van der Waals surface area contributed by atoms with E-state index < -0.39 is 17.1 Å². The van der Waals surface area contributed by atoms with Gasteiger partial charge in [-0.1, -0.05) is 78.0 Å². The summed E-state index contributed by atoms with van der Waals surface area (Å²) in [5.41, 5.74) is 2.67. The molecule has 3 amide bonds. The van der Waals surface area contributed by atoms with E-state index in [9.17, 15) is 14.4 Å². The van der Waals surface area contributed by atoms with Gasteiger partial charge in [-0.25, -0.2) is 0 Å². The van der Waals surface area contributed by atoms with Crippen LogP contribution in [0.15, 0.2) is 106 Å². The smallest absolute Gasteiger partial charge is 0.294 e. The molecule has 0 aliphatic carbocycles. The molecule has 0 unspecified atom stereocenters. The average Bonchev–Trinajstić information content (AvgIpc) is 3.14. The van der Waals surface area contributed by atoms with Crippen LogP contribution in [0.25, 0.3) is 16.8 Å². The third kappa shape index (κ3) is 5.37. The van der Waals surface area contributed by atoms with Crippen LogP contribution in [-0.4, -0.2) is 28.5 Å². The van der Waals surface area contributed by atoms with Crippen molar-refractivity contribution in [3.8, 4) is 0 Å². The van der Waals surface area contributed by atoms with Gasteiger partial charge in [0.1, 0.15) is 6.54 Å². The predicted molar refractivity (Wildman–Crippen MR) is 147 cm³/mol. The van der Waals surface area contributed by atoms with E-state index in [4.69, 9.17) is 0 Å². The van der Waals surface area contributed by atoms with Crippen LogP contribution < -0.4 is 5.32 Å². The number of benzene rings is 4. The molecule has 0 bridgehead atoms. The Hall–Kier alpha value is -3.81. The SMILES string of the molecule is Cc1ccc(Sc2ccc(/C=C3\SC(=O)N(CC(=O)Nc4cccc5ccccc45)C3=O)cc2)cc1. The van der Waals surface area contributed by atoms with Crippen molar-refractivity contribution >= 4 is 63.1 Å². The molecule has 1 aliphatic heterocycles. The number of imide groups is 1. The zero-order chi connectivity index (χ0) is 25.1. The molecular weight excluding hydrogens is 488 g/mol. The van der Waals surface area contributed by atoms with Crippen molar-refractivity contribution in [1.82, 2.24) is 4.90 Å². The minimum atomic E-state index is -0.462. The minimum Gasteiger partial charge on any atom is -0.324 e. The summed E-state index contributed by atoms with van der Waals surface area (Å²) >= 11 is 2.51. The normalized spacial score (nSPS) is 14.6. The van der Waals surface area contributed by atoms with Gasteiger partial charge in [-0.3, -0.25) is 19.3 Å². The molecule has 0 saturated carbocycles. The number of nitrogens with one attached hydrogen (secondary N) is 1. The second-order valence-electron chi connectivity index (χ2n) is 8.33. The monoisotopic (exact) mass is 510 g/mol. The van der Waals surface area contributed by atoms with Gasteiger partial charge < -0.3 is 5.32 Å². The molecule has 7 heteroatoms. The maximum atomic E-state index is 12.9. The molecule has 0 radical (unpaired) electrons. The maximum absolute atomic E-state index is 12.9. The molecule has 178 valence electrons. The van der Waals surface area contributed by atoms with Crippen LogP contribution >= 0.6 is 23.5 Å². The van der Waals surface area contributed by atoms with E-state index in [1.165, 1.54) is 5.56 Å². The lowest BCUT2D eigenvalue weighted by atomic mass is 10.1. The van der Waals surface area contributed by atoms with Crippen LogP contribution in [0, 0.1) is 6.92 Å². The van der Waals surface area contributed by atoms with Crippen LogP contribution in [-0.2, 0) is 9.59 Å². The van der Waals surface area contributed by atoms with E-state index in [0.717, 1.165) is 42.8 Å². The minimum absolute atomic E-state index is 0.303. The van der Waals surface area contributed by atoms with Crippen molar-refractivity contribution in [1.29, 1.82) is 0 Å². The number of hydrogen-bond donors (Lipinski definition) is 1. The largest absolute Gasteiger partial charge is 0.324 e. The Labute approximate surface area is 217 Å². The molecule has 1 heterocycles. The number of amides is 3. The van der Waals surface area contributed by atoms with E-state index >= 15 is 0 Å². The molecule has 0 aromatic heterocycles. The Bertz CT molecular complexity index is 1490. The zero-order valence-electron chi connectivity index (χ0n) is 19.4. The molecule has 1 aliphatic rings. The molecule has 5 rings (SSSR count). The summed E-state index contributed by atoms with van der Waals surface area (Å²) in [6, 6.07) is 29.4. The van der Waals surface area contributed by atoms with E-state index in [1.54, 1.807) is 23.9 Å². The fraction of sp³-hybridized carbons (Fsp3) is 0.0690. The molecule has 0 atom stereocenters. The van der Waals surface area contributed by atoms with Gasteiger partial charge in [0.25, 0.3) is 11.1 Å². The highest BCUT2D eigenvalue weighted by atomic mass is 32.2. The Morgan fingerprint density at radius 3 is 2.31 bits per heavy atom. The molecule has 1 saturated heterocycles. The number of carbonyl (C=O) groups excluding carboxylic acids is 3. The number of aryl methyl sites for hydroxylation is 1. The Balaban J connectivity index is 1.24. The number of anilines is 1. The standard InChI is InChI=1S/C29H22N2O3S2/c1-19-9-13-22(14-10-19)35-23-15-11-20(12-16-23)17-26-28(33)31(29(34)36-26)18-27(32)30-25-8-4-6-21-5-2-3-7-24(21)25/h2-17H,18H2,1H3,(H,30,32)/b26-17-. The van der Waals surface area contributed by atoms with Crippen LogP contribution in [0.5, 0.6) is 0 Å². The quantitative estimate of drug-likeness (QED) is 0.284.